The molecule has 0 aliphatic rings. The molecule has 0 saturated heterocycles. The number of aromatic amines is 1. The van der Waals surface area contributed by atoms with Gasteiger partial charge in [0.1, 0.15) is 11.4 Å². The van der Waals surface area contributed by atoms with Crippen LogP contribution in [0.25, 0.3) is 0 Å². The van der Waals surface area contributed by atoms with E-state index in [1.807, 2.05) is 4.98 Å². The first-order valence-electron chi connectivity index (χ1n) is 6.36. The lowest BCUT2D eigenvalue weighted by Gasteiger charge is -2.08. The van der Waals surface area contributed by atoms with Crippen molar-refractivity contribution in [2.24, 2.45) is 7.05 Å². The third-order valence-corrected chi connectivity index (χ3v) is 3.28. The number of carbonyl (C=O) groups excluding carboxylic acids is 2. The molecule has 2 rings (SSSR count). The van der Waals surface area contributed by atoms with E-state index in [1.165, 1.54) is 19.2 Å². The first kappa shape index (κ1) is 16.5. The highest BCUT2D eigenvalue weighted by Crippen LogP contribution is 2.12. The Bertz CT molecular complexity index is 900. The second-order valence-corrected chi connectivity index (χ2v) is 5.02. The smallest absolute Gasteiger partial charge is 0.338 e. The van der Waals surface area contributed by atoms with Gasteiger partial charge in [-0.2, -0.15) is 0 Å². The number of H-pyrrole nitrogens is 1. The maximum absolute atomic E-state index is 12.0. The summed E-state index contributed by atoms with van der Waals surface area (Å²) >= 11 is 5.75. The Hall–Kier alpha value is -2.87. The number of nitrogens with zero attached hydrogens (tertiary/aromatic N) is 1. The van der Waals surface area contributed by atoms with E-state index in [4.69, 9.17) is 22.1 Å². The molecule has 0 radical (unpaired) electrons. The van der Waals surface area contributed by atoms with E-state index in [1.54, 1.807) is 12.1 Å². The number of halogens is 1. The van der Waals surface area contributed by atoms with Crippen LogP contribution in [0.5, 0.6) is 0 Å². The van der Waals surface area contributed by atoms with Crippen LogP contribution in [-0.4, -0.2) is 27.9 Å². The number of esters is 1. The molecule has 1 aromatic heterocycles. The highest BCUT2D eigenvalue weighted by molar-refractivity contribution is 6.30. The molecule has 3 N–H and O–H groups in total. The van der Waals surface area contributed by atoms with Crippen molar-refractivity contribution < 1.29 is 14.3 Å². The number of carbonyl (C=O) groups is 2. The van der Waals surface area contributed by atoms with Crippen molar-refractivity contribution in [3.63, 3.8) is 0 Å². The third-order valence-electron chi connectivity index (χ3n) is 3.04. The fraction of sp³-hybridized carbons (Fsp3) is 0.143. The van der Waals surface area contributed by atoms with Crippen molar-refractivity contribution in [2.75, 3.05) is 12.3 Å². The monoisotopic (exact) mass is 337 g/mol. The van der Waals surface area contributed by atoms with Crippen LogP contribution in [0.3, 0.4) is 0 Å². The lowest BCUT2D eigenvalue weighted by molar-refractivity contribution is 0.0474. The van der Waals surface area contributed by atoms with Crippen LogP contribution in [-0.2, 0) is 11.8 Å². The van der Waals surface area contributed by atoms with Gasteiger partial charge < -0.3 is 10.5 Å². The van der Waals surface area contributed by atoms with Crippen molar-refractivity contribution in [3.05, 3.63) is 61.3 Å². The predicted octanol–water partition coefficient (Wildman–Crippen LogP) is 0.349. The largest absolute Gasteiger partial charge is 0.454 e. The number of nitrogens with two attached hydrogens (primary N) is 1. The Labute approximate surface area is 134 Å². The average Bonchev–Trinajstić information content (AvgIpc) is 2.50. The molecule has 0 unspecified atom stereocenters. The number of ether oxygens (including phenoxy) is 1. The number of anilines is 1. The fourth-order valence-electron chi connectivity index (χ4n) is 1.81. The van der Waals surface area contributed by atoms with Crippen molar-refractivity contribution in [2.45, 2.75) is 0 Å². The van der Waals surface area contributed by atoms with Crippen molar-refractivity contribution in [1.82, 2.24) is 9.55 Å². The highest BCUT2D eigenvalue weighted by Gasteiger charge is 2.20. The summed E-state index contributed by atoms with van der Waals surface area (Å²) in [5.74, 6) is -1.90. The fourth-order valence-corrected chi connectivity index (χ4v) is 2.00. The summed E-state index contributed by atoms with van der Waals surface area (Å²) in [6.07, 6.45) is 0. The summed E-state index contributed by atoms with van der Waals surface area (Å²) in [6.45, 7) is -0.698. The van der Waals surface area contributed by atoms with Gasteiger partial charge in [-0.1, -0.05) is 17.7 Å². The topological polar surface area (TPSA) is 124 Å². The summed E-state index contributed by atoms with van der Waals surface area (Å²) in [7, 11) is 1.29. The zero-order valence-electron chi connectivity index (χ0n) is 12.0. The molecule has 120 valence electrons. The first-order chi connectivity index (χ1) is 10.8. The highest BCUT2D eigenvalue weighted by atomic mass is 35.5. The second kappa shape index (κ2) is 6.49. The number of benzene rings is 1. The van der Waals surface area contributed by atoms with E-state index in [-0.39, 0.29) is 11.4 Å². The maximum atomic E-state index is 12.0. The minimum Gasteiger partial charge on any atom is -0.454 e. The van der Waals surface area contributed by atoms with Crippen LogP contribution >= 0.6 is 11.6 Å². The molecule has 8 nitrogen and oxygen atoms in total. The Balaban J connectivity index is 2.18. The zero-order valence-corrected chi connectivity index (χ0v) is 12.7. The number of nitrogens with one attached hydrogen (secondary N) is 1. The Kier molecular flexibility index (Phi) is 4.65. The lowest BCUT2D eigenvalue weighted by atomic mass is 10.2. The van der Waals surface area contributed by atoms with E-state index >= 15 is 0 Å². The molecule has 0 aliphatic carbocycles. The van der Waals surface area contributed by atoms with Gasteiger partial charge in [0.2, 0.25) is 5.78 Å². The van der Waals surface area contributed by atoms with Gasteiger partial charge in [-0.15, -0.1) is 0 Å². The van der Waals surface area contributed by atoms with Gasteiger partial charge in [-0.25, -0.2) is 9.59 Å². The molecular weight excluding hydrogens is 326 g/mol. The number of hydrogen-bond acceptors (Lipinski definition) is 6. The zero-order chi connectivity index (χ0) is 17.1. The van der Waals surface area contributed by atoms with Crippen LogP contribution in [0.4, 0.5) is 5.82 Å². The van der Waals surface area contributed by atoms with Gasteiger partial charge >= 0.3 is 11.7 Å². The SMILES string of the molecule is Cn1c(N)c(C(=O)COC(=O)c2cccc(Cl)c2)c(=O)[nH]c1=O. The molecule has 0 spiro atoms. The first-order valence-corrected chi connectivity index (χ1v) is 6.73. The van der Waals surface area contributed by atoms with Crippen LogP contribution in [0.1, 0.15) is 20.7 Å². The number of hydrogen-bond donors (Lipinski definition) is 2. The van der Waals surface area contributed by atoms with Crippen LogP contribution in [0.2, 0.25) is 5.02 Å². The van der Waals surface area contributed by atoms with Crippen LogP contribution < -0.4 is 17.0 Å². The van der Waals surface area contributed by atoms with E-state index in [9.17, 15) is 19.2 Å². The Morgan fingerprint density at radius 3 is 2.70 bits per heavy atom. The molecule has 1 aromatic carbocycles. The Morgan fingerprint density at radius 2 is 2.04 bits per heavy atom. The molecular formula is C14H12ClN3O5. The summed E-state index contributed by atoms with van der Waals surface area (Å²) < 4.78 is 5.75. The van der Waals surface area contributed by atoms with Gasteiger partial charge in [0, 0.05) is 12.1 Å². The molecule has 0 aliphatic heterocycles. The minimum atomic E-state index is -0.936. The van der Waals surface area contributed by atoms with E-state index < -0.39 is 35.2 Å². The lowest BCUT2D eigenvalue weighted by Crippen LogP contribution is -2.35. The van der Waals surface area contributed by atoms with E-state index in [2.05, 4.69) is 0 Å². The minimum absolute atomic E-state index is 0.160. The number of nitrogen functional groups attached to an aromatic ring is 1. The summed E-state index contributed by atoms with van der Waals surface area (Å²) in [4.78, 5) is 48.8. The molecule has 0 saturated carbocycles. The van der Waals surface area contributed by atoms with Gasteiger partial charge in [-0.3, -0.25) is 19.1 Å². The molecule has 2 aromatic rings. The van der Waals surface area contributed by atoms with E-state index in [0.717, 1.165) is 4.57 Å². The van der Waals surface area contributed by atoms with Gasteiger partial charge in [0.25, 0.3) is 5.56 Å². The molecule has 23 heavy (non-hydrogen) atoms. The Morgan fingerprint density at radius 1 is 1.35 bits per heavy atom. The van der Waals surface area contributed by atoms with Crippen molar-refractivity contribution in [3.8, 4) is 0 Å². The van der Waals surface area contributed by atoms with Crippen molar-refractivity contribution in [1.29, 1.82) is 0 Å². The molecule has 0 amide bonds. The van der Waals surface area contributed by atoms with Gasteiger partial charge in [0.15, 0.2) is 6.61 Å². The maximum Gasteiger partial charge on any atom is 0.338 e. The van der Waals surface area contributed by atoms with Crippen LogP contribution in [0, 0.1) is 0 Å². The molecule has 0 bridgehead atoms. The van der Waals surface area contributed by atoms with Crippen LogP contribution in [0.15, 0.2) is 33.9 Å². The normalized spacial score (nSPS) is 10.3. The molecule has 0 atom stereocenters. The third kappa shape index (κ3) is 3.49. The summed E-state index contributed by atoms with van der Waals surface area (Å²) in [6, 6.07) is 5.97. The summed E-state index contributed by atoms with van der Waals surface area (Å²) in [5.41, 5.74) is 3.62. The predicted molar refractivity (Wildman–Crippen MR) is 82.8 cm³/mol. The van der Waals surface area contributed by atoms with E-state index in [0.29, 0.717) is 5.02 Å². The van der Waals surface area contributed by atoms with Crippen molar-refractivity contribution >= 4 is 29.2 Å². The molecule has 9 heteroatoms. The molecule has 0 fully saturated rings. The average molecular weight is 338 g/mol. The molecule has 1 heterocycles. The number of aromatic nitrogens is 2. The number of rotatable bonds is 4. The summed E-state index contributed by atoms with van der Waals surface area (Å²) in [5, 5.41) is 0.338. The quantitative estimate of drug-likeness (QED) is 0.612. The van der Waals surface area contributed by atoms with Gasteiger partial charge in [0.05, 0.1) is 5.56 Å². The standard InChI is InChI=1S/C14H12ClN3O5/c1-18-11(16)10(12(20)17-14(18)22)9(19)6-23-13(21)7-3-2-4-8(15)5-7/h2-5H,6,16H2,1H3,(H,17,20,22). The number of ketones is 1. The number of Topliss-reactive ketones (excluding diaryl/α,β-unsaturated/α-hetero) is 1. The second-order valence-electron chi connectivity index (χ2n) is 4.59. The van der Waals surface area contributed by atoms with Gasteiger partial charge in [-0.05, 0) is 18.2 Å².